The SMILES string of the molecule is CC(C)c1nc2ccccc2c(-c2ccc(F)cc2)c1C=O. The van der Waals surface area contributed by atoms with E-state index >= 15 is 0 Å². The van der Waals surface area contributed by atoms with Gasteiger partial charge in [0.2, 0.25) is 0 Å². The minimum absolute atomic E-state index is 0.129. The van der Waals surface area contributed by atoms with Gasteiger partial charge >= 0.3 is 0 Å². The number of pyridine rings is 1. The van der Waals surface area contributed by atoms with Crippen LogP contribution in [0.3, 0.4) is 0 Å². The van der Waals surface area contributed by atoms with Gasteiger partial charge in [0.15, 0.2) is 6.29 Å². The van der Waals surface area contributed by atoms with Gasteiger partial charge in [0.25, 0.3) is 0 Å². The van der Waals surface area contributed by atoms with Crippen molar-refractivity contribution < 1.29 is 9.18 Å². The third-order valence-electron chi connectivity index (χ3n) is 3.76. The summed E-state index contributed by atoms with van der Waals surface area (Å²) in [6.45, 7) is 4.02. The van der Waals surface area contributed by atoms with Gasteiger partial charge < -0.3 is 0 Å². The molecule has 0 amide bonds. The fraction of sp³-hybridized carbons (Fsp3) is 0.158. The van der Waals surface area contributed by atoms with E-state index in [0.717, 1.165) is 34.0 Å². The lowest BCUT2D eigenvalue weighted by Gasteiger charge is -2.16. The summed E-state index contributed by atoms with van der Waals surface area (Å²) in [5.74, 6) is -0.164. The van der Waals surface area contributed by atoms with Crippen LogP contribution in [0.5, 0.6) is 0 Å². The molecule has 0 aliphatic rings. The van der Waals surface area contributed by atoms with Gasteiger partial charge in [0.05, 0.1) is 11.2 Å². The molecule has 0 aliphatic heterocycles. The molecule has 0 radical (unpaired) electrons. The van der Waals surface area contributed by atoms with Crippen LogP contribution in [0.2, 0.25) is 0 Å². The second kappa shape index (κ2) is 5.68. The third kappa shape index (κ3) is 2.39. The van der Waals surface area contributed by atoms with Gasteiger partial charge in [-0.25, -0.2) is 4.39 Å². The molecule has 1 aromatic heterocycles. The van der Waals surface area contributed by atoms with Crippen molar-refractivity contribution in [1.82, 2.24) is 4.98 Å². The van der Waals surface area contributed by atoms with Gasteiger partial charge in [-0.05, 0) is 29.7 Å². The number of fused-ring (bicyclic) bond motifs is 1. The second-order valence-electron chi connectivity index (χ2n) is 5.58. The van der Waals surface area contributed by atoms with Crippen molar-refractivity contribution >= 4 is 17.2 Å². The minimum atomic E-state index is -0.293. The van der Waals surface area contributed by atoms with Crippen LogP contribution in [-0.2, 0) is 0 Å². The summed E-state index contributed by atoms with van der Waals surface area (Å²) in [4.78, 5) is 16.4. The van der Waals surface area contributed by atoms with E-state index in [9.17, 15) is 9.18 Å². The molecule has 3 rings (SSSR count). The monoisotopic (exact) mass is 293 g/mol. The number of aromatic nitrogens is 1. The van der Waals surface area contributed by atoms with E-state index in [1.54, 1.807) is 12.1 Å². The van der Waals surface area contributed by atoms with Gasteiger partial charge in [-0.3, -0.25) is 9.78 Å². The maximum absolute atomic E-state index is 13.2. The summed E-state index contributed by atoms with van der Waals surface area (Å²) in [7, 11) is 0. The van der Waals surface area contributed by atoms with Crippen LogP contribution in [0, 0.1) is 5.82 Å². The molecule has 2 aromatic carbocycles. The molecule has 0 aliphatic carbocycles. The predicted molar refractivity (Wildman–Crippen MR) is 86.6 cm³/mol. The Kier molecular flexibility index (Phi) is 3.72. The molecule has 0 saturated heterocycles. The van der Waals surface area contributed by atoms with Crippen LogP contribution in [0.15, 0.2) is 48.5 Å². The zero-order chi connectivity index (χ0) is 15.7. The molecule has 0 spiro atoms. The summed E-state index contributed by atoms with van der Waals surface area (Å²) in [5.41, 5.74) is 3.85. The molecule has 3 aromatic rings. The fourth-order valence-corrected chi connectivity index (χ4v) is 2.73. The third-order valence-corrected chi connectivity index (χ3v) is 3.76. The first-order chi connectivity index (χ1) is 10.6. The number of hydrogen-bond acceptors (Lipinski definition) is 2. The van der Waals surface area contributed by atoms with Crippen LogP contribution in [-0.4, -0.2) is 11.3 Å². The lowest BCUT2D eigenvalue weighted by molar-refractivity contribution is 0.112. The molecule has 0 atom stereocenters. The van der Waals surface area contributed by atoms with Crippen molar-refractivity contribution in [3.05, 3.63) is 65.6 Å². The summed E-state index contributed by atoms with van der Waals surface area (Å²) in [6.07, 6.45) is 0.855. The molecule has 0 fully saturated rings. The highest BCUT2D eigenvalue weighted by molar-refractivity contribution is 6.03. The molecule has 2 nitrogen and oxygen atoms in total. The number of rotatable bonds is 3. The summed E-state index contributed by atoms with van der Waals surface area (Å²) >= 11 is 0. The van der Waals surface area contributed by atoms with Crippen molar-refractivity contribution in [3.8, 4) is 11.1 Å². The largest absolute Gasteiger partial charge is 0.298 e. The Bertz CT molecular complexity index is 838. The highest BCUT2D eigenvalue weighted by Crippen LogP contribution is 2.34. The van der Waals surface area contributed by atoms with Crippen molar-refractivity contribution in [2.75, 3.05) is 0 Å². The van der Waals surface area contributed by atoms with Crippen LogP contribution >= 0.6 is 0 Å². The van der Waals surface area contributed by atoms with Crippen molar-refractivity contribution in [2.45, 2.75) is 19.8 Å². The average Bonchev–Trinajstić information content (AvgIpc) is 2.53. The number of benzene rings is 2. The summed E-state index contributed by atoms with van der Waals surface area (Å²) < 4.78 is 13.2. The van der Waals surface area contributed by atoms with E-state index < -0.39 is 0 Å². The molecule has 0 bridgehead atoms. The molecule has 22 heavy (non-hydrogen) atoms. The smallest absolute Gasteiger partial charge is 0.152 e. The van der Waals surface area contributed by atoms with Gasteiger partial charge in [0.1, 0.15) is 5.82 Å². The number of nitrogens with zero attached hydrogens (tertiary/aromatic N) is 1. The molecule has 3 heteroatoms. The molecular weight excluding hydrogens is 277 g/mol. The fourth-order valence-electron chi connectivity index (χ4n) is 2.73. The number of aldehydes is 1. The van der Waals surface area contributed by atoms with Gasteiger partial charge in [-0.1, -0.05) is 44.2 Å². The van der Waals surface area contributed by atoms with Crippen molar-refractivity contribution in [1.29, 1.82) is 0 Å². The highest BCUT2D eigenvalue weighted by Gasteiger charge is 2.17. The molecule has 1 heterocycles. The Morgan fingerprint density at radius 3 is 2.36 bits per heavy atom. The topological polar surface area (TPSA) is 30.0 Å². The van der Waals surface area contributed by atoms with E-state index in [-0.39, 0.29) is 11.7 Å². The maximum atomic E-state index is 13.2. The van der Waals surface area contributed by atoms with E-state index in [2.05, 4.69) is 4.98 Å². The number of carbonyl (C=O) groups is 1. The number of para-hydroxylation sites is 1. The van der Waals surface area contributed by atoms with Crippen LogP contribution < -0.4 is 0 Å². The van der Waals surface area contributed by atoms with Crippen LogP contribution in [0.4, 0.5) is 4.39 Å². The molecule has 0 saturated carbocycles. The first kappa shape index (κ1) is 14.4. The van der Waals surface area contributed by atoms with Crippen molar-refractivity contribution in [2.24, 2.45) is 0 Å². The van der Waals surface area contributed by atoms with E-state index in [1.165, 1.54) is 12.1 Å². The van der Waals surface area contributed by atoms with Crippen LogP contribution in [0.25, 0.3) is 22.0 Å². The van der Waals surface area contributed by atoms with Gasteiger partial charge in [-0.15, -0.1) is 0 Å². The van der Waals surface area contributed by atoms with Crippen LogP contribution in [0.1, 0.15) is 35.8 Å². The first-order valence-electron chi connectivity index (χ1n) is 7.25. The Morgan fingerprint density at radius 1 is 1.05 bits per heavy atom. The van der Waals surface area contributed by atoms with E-state index in [4.69, 9.17) is 0 Å². The highest BCUT2D eigenvalue weighted by atomic mass is 19.1. The molecule has 0 N–H and O–H groups in total. The number of halogens is 1. The van der Waals surface area contributed by atoms with Gasteiger partial charge in [-0.2, -0.15) is 0 Å². The summed E-state index contributed by atoms with van der Waals surface area (Å²) in [6, 6.07) is 13.9. The lowest BCUT2D eigenvalue weighted by Crippen LogP contribution is -2.03. The second-order valence-corrected chi connectivity index (χ2v) is 5.58. The molecule has 110 valence electrons. The zero-order valence-corrected chi connectivity index (χ0v) is 12.5. The number of carbonyl (C=O) groups excluding carboxylic acids is 1. The Balaban J connectivity index is 2.43. The predicted octanol–water partition coefficient (Wildman–Crippen LogP) is 4.98. The lowest BCUT2D eigenvalue weighted by atomic mass is 9.91. The average molecular weight is 293 g/mol. The Labute approximate surface area is 128 Å². The van der Waals surface area contributed by atoms with E-state index in [0.29, 0.717) is 5.56 Å². The standard InChI is InChI=1S/C19H16FNO/c1-12(2)19-16(11-22)18(13-7-9-14(20)10-8-13)15-5-3-4-6-17(15)21-19/h3-12H,1-2H3. The zero-order valence-electron chi connectivity index (χ0n) is 12.5. The first-order valence-corrected chi connectivity index (χ1v) is 7.25. The van der Waals surface area contributed by atoms with Gasteiger partial charge in [0, 0.05) is 16.5 Å². The Morgan fingerprint density at radius 2 is 1.73 bits per heavy atom. The normalized spacial score (nSPS) is 11.1. The number of hydrogen-bond donors (Lipinski definition) is 0. The summed E-state index contributed by atoms with van der Waals surface area (Å²) in [5, 5.41) is 0.903. The molecule has 0 unspecified atom stereocenters. The maximum Gasteiger partial charge on any atom is 0.152 e. The molecular formula is C19H16FNO. The Hall–Kier alpha value is -2.55. The quantitative estimate of drug-likeness (QED) is 0.638. The van der Waals surface area contributed by atoms with Crippen molar-refractivity contribution in [3.63, 3.8) is 0 Å². The van der Waals surface area contributed by atoms with E-state index in [1.807, 2.05) is 38.1 Å². The minimum Gasteiger partial charge on any atom is -0.298 e.